The molecule has 0 heterocycles. The SMILES string of the molecule is COCC(Nc1ccc(C(=O)O)cc1F)C(C)C. The van der Waals surface area contributed by atoms with Crippen molar-refractivity contribution in [3.05, 3.63) is 29.6 Å². The van der Waals surface area contributed by atoms with Crippen LogP contribution in [0.2, 0.25) is 0 Å². The van der Waals surface area contributed by atoms with E-state index in [2.05, 4.69) is 5.32 Å². The fourth-order valence-electron chi connectivity index (χ4n) is 1.55. The molecule has 5 heteroatoms. The first kappa shape index (κ1) is 14.4. The molecule has 0 aliphatic carbocycles. The van der Waals surface area contributed by atoms with Gasteiger partial charge >= 0.3 is 5.97 Å². The number of methoxy groups -OCH3 is 1. The van der Waals surface area contributed by atoms with Crippen molar-refractivity contribution in [3.63, 3.8) is 0 Å². The van der Waals surface area contributed by atoms with E-state index in [4.69, 9.17) is 9.84 Å². The summed E-state index contributed by atoms with van der Waals surface area (Å²) in [7, 11) is 1.58. The van der Waals surface area contributed by atoms with Crippen LogP contribution in [-0.4, -0.2) is 30.8 Å². The Hall–Kier alpha value is -1.62. The molecule has 4 nitrogen and oxygen atoms in total. The Bertz CT molecular complexity index is 421. The molecule has 0 saturated carbocycles. The van der Waals surface area contributed by atoms with Gasteiger partial charge in [-0.25, -0.2) is 9.18 Å². The van der Waals surface area contributed by atoms with Crippen LogP contribution >= 0.6 is 0 Å². The highest BCUT2D eigenvalue weighted by Crippen LogP contribution is 2.19. The Morgan fingerprint density at radius 1 is 1.50 bits per heavy atom. The highest BCUT2D eigenvalue weighted by molar-refractivity contribution is 5.88. The average Bonchev–Trinajstić information content (AvgIpc) is 2.30. The van der Waals surface area contributed by atoms with Gasteiger partial charge in [-0.1, -0.05) is 13.8 Å². The van der Waals surface area contributed by atoms with E-state index in [1.54, 1.807) is 7.11 Å². The Morgan fingerprint density at radius 2 is 2.17 bits per heavy atom. The first-order valence-corrected chi connectivity index (χ1v) is 5.74. The number of ether oxygens (including phenoxy) is 1. The van der Waals surface area contributed by atoms with Crippen LogP contribution in [-0.2, 0) is 4.74 Å². The summed E-state index contributed by atoms with van der Waals surface area (Å²) in [5, 5.41) is 11.8. The lowest BCUT2D eigenvalue weighted by atomic mass is 10.0. The Morgan fingerprint density at radius 3 is 2.61 bits per heavy atom. The van der Waals surface area contributed by atoms with Crippen molar-refractivity contribution in [2.45, 2.75) is 19.9 Å². The first-order chi connectivity index (χ1) is 8.45. The van der Waals surface area contributed by atoms with Crippen molar-refractivity contribution in [3.8, 4) is 0 Å². The lowest BCUT2D eigenvalue weighted by molar-refractivity contribution is 0.0696. The number of anilines is 1. The van der Waals surface area contributed by atoms with Gasteiger partial charge in [0.1, 0.15) is 5.82 Å². The quantitative estimate of drug-likeness (QED) is 0.820. The maximum Gasteiger partial charge on any atom is 0.335 e. The maximum absolute atomic E-state index is 13.7. The molecule has 1 atom stereocenters. The van der Waals surface area contributed by atoms with Crippen LogP contribution in [0, 0.1) is 11.7 Å². The summed E-state index contributed by atoms with van der Waals surface area (Å²) in [4.78, 5) is 10.7. The second-order valence-electron chi connectivity index (χ2n) is 4.45. The first-order valence-electron chi connectivity index (χ1n) is 5.74. The van der Waals surface area contributed by atoms with Crippen molar-refractivity contribution < 1.29 is 19.0 Å². The second-order valence-corrected chi connectivity index (χ2v) is 4.45. The number of nitrogens with one attached hydrogen (secondary N) is 1. The summed E-state index contributed by atoms with van der Waals surface area (Å²) in [6.07, 6.45) is 0. The van der Waals surface area contributed by atoms with E-state index in [-0.39, 0.29) is 23.2 Å². The molecular weight excluding hydrogens is 237 g/mol. The number of carboxylic acids is 1. The van der Waals surface area contributed by atoms with Gasteiger partial charge in [0.25, 0.3) is 0 Å². The van der Waals surface area contributed by atoms with Gasteiger partial charge in [0, 0.05) is 7.11 Å². The molecule has 0 fully saturated rings. The van der Waals surface area contributed by atoms with Gasteiger partial charge < -0.3 is 15.2 Å². The molecule has 0 aliphatic rings. The number of aromatic carboxylic acids is 1. The summed E-state index contributed by atoms with van der Waals surface area (Å²) in [6.45, 7) is 4.46. The third-order valence-corrected chi connectivity index (χ3v) is 2.71. The Labute approximate surface area is 106 Å². The number of hydrogen-bond donors (Lipinski definition) is 2. The summed E-state index contributed by atoms with van der Waals surface area (Å²) < 4.78 is 18.8. The lowest BCUT2D eigenvalue weighted by Crippen LogP contribution is -2.30. The number of carbonyl (C=O) groups is 1. The molecule has 0 aromatic heterocycles. The number of rotatable bonds is 6. The van der Waals surface area contributed by atoms with Gasteiger partial charge in [-0.3, -0.25) is 0 Å². The van der Waals surface area contributed by atoms with E-state index in [0.717, 1.165) is 6.07 Å². The van der Waals surface area contributed by atoms with E-state index in [0.29, 0.717) is 6.61 Å². The smallest absolute Gasteiger partial charge is 0.335 e. The molecule has 18 heavy (non-hydrogen) atoms. The topological polar surface area (TPSA) is 58.6 Å². The van der Waals surface area contributed by atoms with Gasteiger partial charge in [0.2, 0.25) is 0 Å². The zero-order valence-corrected chi connectivity index (χ0v) is 10.7. The summed E-state index contributed by atoms with van der Waals surface area (Å²) in [5.74, 6) is -1.45. The van der Waals surface area contributed by atoms with Crippen LogP contribution in [0.1, 0.15) is 24.2 Å². The number of benzene rings is 1. The minimum atomic E-state index is -1.14. The van der Waals surface area contributed by atoms with Crippen LogP contribution in [0.3, 0.4) is 0 Å². The molecule has 1 unspecified atom stereocenters. The van der Waals surface area contributed by atoms with Crippen molar-refractivity contribution in [2.24, 2.45) is 5.92 Å². The number of hydrogen-bond acceptors (Lipinski definition) is 3. The monoisotopic (exact) mass is 255 g/mol. The van der Waals surface area contributed by atoms with E-state index in [9.17, 15) is 9.18 Å². The molecule has 0 bridgehead atoms. The molecule has 1 aromatic carbocycles. The third-order valence-electron chi connectivity index (χ3n) is 2.71. The lowest BCUT2D eigenvalue weighted by Gasteiger charge is -2.23. The third kappa shape index (κ3) is 3.70. The molecular formula is C13H18FNO3. The molecule has 0 amide bonds. The van der Waals surface area contributed by atoms with Crippen molar-refractivity contribution in [1.82, 2.24) is 0 Å². The highest BCUT2D eigenvalue weighted by atomic mass is 19.1. The van der Waals surface area contributed by atoms with E-state index in [1.165, 1.54) is 12.1 Å². The molecule has 100 valence electrons. The zero-order valence-electron chi connectivity index (χ0n) is 10.7. The second kappa shape index (κ2) is 6.35. The van der Waals surface area contributed by atoms with E-state index >= 15 is 0 Å². The molecule has 0 radical (unpaired) electrons. The van der Waals surface area contributed by atoms with E-state index in [1.807, 2.05) is 13.8 Å². The largest absolute Gasteiger partial charge is 0.478 e. The van der Waals surface area contributed by atoms with Crippen LogP contribution in [0.25, 0.3) is 0 Å². The summed E-state index contributed by atoms with van der Waals surface area (Å²) in [5.41, 5.74) is 0.224. The fourth-order valence-corrected chi connectivity index (χ4v) is 1.55. The zero-order chi connectivity index (χ0) is 13.7. The van der Waals surface area contributed by atoms with Crippen LogP contribution in [0.4, 0.5) is 10.1 Å². The van der Waals surface area contributed by atoms with Crippen molar-refractivity contribution >= 4 is 11.7 Å². The van der Waals surface area contributed by atoms with Crippen molar-refractivity contribution in [1.29, 1.82) is 0 Å². The summed E-state index contributed by atoms with van der Waals surface area (Å²) >= 11 is 0. The minimum Gasteiger partial charge on any atom is -0.478 e. The molecule has 2 N–H and O–H groups in total. The predicted octanol–water partition coefficient (Wildman–Crippen LogP) is 2.61. The standard InChI is InChI=1S/C13H18FNO3/c1-8(2)12(7-18-3)15-11-5-4-9(13(16)17)6-10(11)14/h4-6,8,12,15H,7H2,1-3H3,(H,16,17). The normalized spacial score (nSPS) is 12.5. The Balaban J connectivity index is 2.86. The Kier molecular flexibility index (Phi) is 5.09. The summed E-state index contributed by atoms with van der Waals surface area (Å²) in [6, 6.07) is 3.79. The molecule has 1 rings (SSSR count). The molecule has 0 aliphatic heterocycles. The highest BCUT2D eigenvalue weighted by Gasteiger charge is 2.15. The van der Waals surface area contributed by atoms with Crippen LogP contribution in [0.15, 0.2) is 18.2 Å². The van der Waals surface area contributed by atoms with Gasteiger partial charge in [-0.05, 0) is 24.1 Å². The van der Waals surface area contributed by atoms with Gasteiger partial charge in [0.05, 0.1) is 23.9 Å². The predicted molar refractivity (Wildman–Crippen MR) is 67.5 cm³/mol. The van der Waals surface area contributed by atoms with Crippen molar-refractivity contribution in [2.75, 3.05) is 19.0 Å². The van der Waals surface area contributed by atoms with Gasteiger partial charge in [-0.2, -0.15) is 0 Å². The number of halogens is 1. The fraction of sp³-hybridized carbons (Fsp3) is 0.462. The molecule has 0 saturated heterocycles. The van der Waals surface area contributed by atoms with Crippen LogP contribution in [0.5, 0.6) is 0 Å². The van der Waals surface area contributed by atoms with E-state index < -0.39 is 11.8 Å². The van der Waals surface area contributed by atoms with Gasteiger partial charge in [0.15, 0.2) is 0 Å². The van der Waals surface area contributed by atoms with Gasteiger partial charge in [-0.15, -0.1) is 0 Å². The maximum atomic E-state index is 13.7. The average molecular weight is 255 g/mol. The molecule has 0 spiro atoms. The van der Waals surface area contributed by atoms with Crippen LogP contribution < -0.4 is 5.32 Å². The molecule has 1 aromatic rings. The number of carboxylic acid groups (broad SMARTS) is 1. The minimum absolute atomic E-state index is 0.0276.